The minimum absolute atomic E-state index is 0.173. The summed E-state index contributed by atoms with van der Waals surface area (Å²) >= 11 is 5.80. The molecule has 2 unspecified atom stereocenters. The molecular formula is C16H22ClNO4. The van der Waals surface area contributed by atoms with E-state index in [2.05, 4.69) is 5.32 Å². The second kappa shape index (κ2) is 7.49. The van der Waals surface area contributed by atoms with Crippen LogP contribution in [0.5, 0.6) is 5.75 Å². The Hall–Kier alpha value is -1.75. The highest BCUT2D eigenvalue weighted by atomic mass is 35.5. The fourth-order valence-corrected chi connectivity index (χ4v) is 1.97. The molecule has 0 saturated heterocycles. The van der Waals surface area contributed by atoms with Crippen LogP contribution in [0.25, 0.3) is 0 Å². The van der Waals surface area contributed by atoms with Gasteiger partial charge in [0.2, 0.25) is 0 Å². The number of carboxylic acid groups (broad SMARTS) is 1. The summed E-state index contributed by atoms with van der Waals surface area (Å²) in [4.78, 5) is 23.6. The number of rotatable bonds is 7. The van der Waals surface area contributed by atoms with Gasteiger partial charge in [0.25, 0.3) is 5.91 Å². The predicted octanol–water partition coefficient (Wildman–Crippen LogP) is 3.11. The molecule has 0 fully saturated rings. The van der Waals surface area contributed by atoms with Crippen LogP contribution in [-0.4, -0.2) is 28.6 Å². The van der Waals surface area contributed by atoms with Gasteiger partial charge in [-0.25, -0.2) is 4.79 Å². The molecule has 0 radical (unpaired) electrons. The maximum atomic E-state index is 12.3. The third kappa shape index (κ3) is 4.91. The lowest BCUT2D eigenvalue weighted by Crippen LogP contribution is -2.54. The predicted molar refractivity (Wildman–Crippen MR) is 85.2 cm³/mol. The Morgan fingerprint density at radius 1 is 1.32 bits per heavy atom. The second-order valence-corrected chi connectivity index (χ2v) is 6.18. The quantitative estimate of drug-likeness (QED) is 0.806. The SMILES string of the molecule is CCC(C)C(NC(=O)C(C)(C)Oc1ccc(Cl)cc1)C(=O)O. The van der Waals surface area contributed by atoms with E-state index in [-0.39, 0.29) is 5.92 Å². The molecule has 5 nitrogen and oxygen atoms in total. The average Bonchev–Trinajstić information content (AvgIpc) is 2.45. The van der Waals surface area contributed by atoms with Crippen molar-refractivity contribution >= 4 is 23.5 Å². The zero-order chi connectivity index (χ0) is 16.9. The summed E-state index contributed by atoms with van der Waals surface area (Å²) in [6, 6.07) is 5.68. The number of ether oxygens (including phenoxy) is 1. The van der Waals surface area contributed by atoms with E-state index in [1.807, 2.05) is 6.92 Å². The summed E-state index contributed by atoms with van der Waals surface area (Å²) in [5, 5.41) is 12.4. The van der Waals surface area contributed by atoms with Crippen molar-refractivity contribution in [2.45, 2.75) is 45.8 Å². The van der Waals surface area contributed by atoms with Gasteiger partial charge in [0.15, 0.2) is 5.60 Å². The third-order valence-corrected chi connectivity index (χ3v) is 3.75. The number of benzene rings is 1. The topological polar surface area (TPSA) is 75.6 Å². The highest BCUT2D eigenvalue weighted by Gasteiger charge is 2.35. The van der Waals surface area contributed by atoms with E-state index in [0.29, 0.717) is 17.2 Å². The first-order valence-corrected chi connectivity index (χ1v) is 7.53. The van der Waals surface area contributed by atoms with Gasteiger partial charge in [-0.3, -0.25) is 4.79 Å². The lowest BCUT2D eigenvalue weighted by atomic mass is 9.98. The molecule has 2 atom stereocenters. The van der Waals surface area contributed by atoms with Crippen molar-refractivity contribution in [3.63, 3.8) is 0 Å². The molecule has 0 bridgehead atoms. The fourth-order valence-electron chi connectivity index (χ4n) is 1.84. The number of carbonyl (C=O) groups is 2. The Morgan fingerprint density at radius 2 is 1.86 bits per heavy atom. The maximum Gasteiger partial charge on any atom is 0.326 e. The van der Waals surface area contributed by atoms with Gasteiger partial charge in [0, 0.05) is 5.02 Å². The van der Waals surface area contributed by atoms with Crippen molar-refractivity contribution in [2.75, 3.05) is 0 Å². The van der Waals surface area contributed by atoms with Gasteiger partial charge in [0.05, 0.1) is 0 Å². The molecule has 1 rings (SSSR count). The third-order valence-electron chi connectivity index (χ3n) is 3.50. The Kier molecular flexibility index (Phi) is 6.23. The lowest BCUT2D eigenvalue weighted by molar-refractivity contribution is -0.146. The van der Waals surface area contributed by atoms with E-state index in [0.717, 1.165) is 0 Å². The van der Waals surface area contributed by atoms with E-state index in [9.17, 15) is 14.7 Å². The summed E-state index contributed by atoms with van der Waals surface area (Å²) in [6.07, 6.45) is 0.649. The Labute approximate surface area is 135 Å². The van der Waals surface area contributed by atoms with Crippen molar-refractivity contribution in [3.8, 4) is 5.75 Å². The summed E-state index contributed by atoms with van der Waals surface area (Å²) in [5.74, 6) is -1.21. The fraction of sp³-hybridized carbons (Fsp3) is 0.500. The molecule has 0 aliphatic rings. The highest BCUT2D eigenvalue weighted by molar-refractivity contribution is 6.30. The molecular weight excluding hydrogens is 306 g/mol. The smallest absolute Gasteiger partial charge is 0.326 e. The first kappa shape index (κ1) is 18.3. The summed E-state index contributed by atoms with van der Waals surface area (Å²) in [5.41, 5.74) is -1.20. The van der Waals surface area contributed by atoms with E-state index in [1.165, 1.54) is 0 Å². The summed E-state index contributed by atoms with van der Waals surface area (Å²) in [7, 11) is 0. The number of nitrogens with one attached hydrogen (secondary N) is 1. The van der Waals surface area contributed by atoms with Crippen molar-refractivity contribution in [1.82, 2.24) is 5.32 Å². The number of carboxylic acids is 1. The standard InChI is InChI=1S/C16H22ClNO4/c1-5-10(2)13(14(19)20)18-15(21)16(3,4)22-12-8-6-11(17)7-9-12/h6-10,13H,5H2,1-4H3,(H,18,21)(H,19,20). The molecule has 0 spiro atoms. The summed E-state index contributed by atoms with van der Waals surface area (Å²) in [6.45, 7) is 6.84. The van der Waals surface area contributed by atoms with Crippen LogP contribution in [0.2, 0.25) is 5.02 Å². The molecule has 0 heterocycles. The first-order chi connectivity index (χ1) is 10.2. The van der Waals surface area contributed by atoms with Crippen molar-refractivity contribution in [3.05, 3.63) is 29.3 Å². The van der Waals surface area contributed by atoms with Crippen LogP contribution in [0.1, 0.15) is 34.1 Å². The van der Waals surface area contributed by atoms with Crippen molar-refractivity contribution < 1.29 is 19.4 Å². The number of halogens is 1. The van der Waals surface area contributed by atoms with Crippen LogP contribution in [0.15, 0.2) is 24.3 Å². The molecule has 1 aromatic rings. The zero-order valence-electron chi connectivity index (χ0n) is 13.2. The zero-order valence-corrected chi connectivity index (χ0v) is 14.0. The monoisotopic (exact) mass is 327 g/mol. The highest BCUT2D eigenvalue weighted by Crippen LogP contribution is 2.21. The molecule has 0 aliphatic carbocycles. The largest absolute Gasteiger partial charge is 0.480 e. The van der Waals surface area contributed by atoms with Crippen LogP contribution < -0.4 is 10.1 Å². The molecule has 6 heteroatoms. The van der Waals surface area contributed by atoms with Gasteiger partial charge in [0.1, 0.15) is 11.8 Å². The summed E-state index contributed by atoms with van der Waals surface area (Å²) < 4.78 is 5.65. The lowest BCUT2D eigenvalue weighted by Gasteiger charge is -2.28. The minimum Gasteiger partial charge on any atom is -0.480 e. The number of amides is 1. The number of carbonyl (C=O) groups excluding carboxylic acids is 1. The van der Waals surface area contributed by atoms with Crippen LogP contribution in [0.4, 0.5) is 0 Å². The second-order valence-electron chi connectivity index (χ2n) is 5.74. The van der Waals surface area contributed by atoms with Crippen LogP contribution in [0.3, 0.4) is 0 Å². The van der Waals surface area contributed by atoms with E-state index in [1.54, 1.807) is 45.0 Å². The van der Waals surface area contributed by atoms with Gasteiger partial charge in [-0.1, -0.05) is 31.9 Å². The molecule has 1 amide bonds. The van der Waals surface area contributed by atoms with Crippen molar-refractivity contribution in [2.24, 2.45) is 5.92 Å². The Bertz CT molecular complexity index is 527. The van der Waals surface area contributed by atoms with Gasteiger partial charge >= 0.3 is 5.97 Å². The van der Waals surface area contributed by atoms with E-state index >= 15 is 0 Å². The number of hydrogen-bond donors (Lipinski definition) is 2. The van der Waals surface area contributed by atoms with Gasteiger partial charge in [-0.05, 0) is 44.0 Å². The molecule has 1 aromatic carbocycles. The van der Waals surface area contributed by atoms with Crippen LogP contribution >= 0.6 is 11.6 Å². The van der Waals surface area contributed by atoms with Gasteiger partial charge < -0.3 is 15.2 Å². The van der Waals surface area contributed by atoms with Gasteiger partial charge in [-0.15, -0.1) is 0 Å². The Morgan fingerprint density at radius 3 is 2.32 bits per heavy atom. The van der Waals surface area contributed by atoms with Crippen LogP contribution in [-0.2, 0) is 9.59 Å². The molecule has 122 valence electrons. The van der Waals surface area contributed by atoms with Crippen molar-refractivity contribution in [1.29, 1.82) is 0 Å². The van der Waals surface area contributed by atoms with Crippen LogP contribution in [0, 0.1) is 5.92 Å². The average molecular weight is 328 g/mol. The molecule has 22 heavy (non-hydrogen) atoms. The molecule has 0 aromatic heterocycles. The van der Waals surface area contributed by atoms with E-state index < -0.39 is 23.5 Å². The Balaban J connectivity index is 2.80. The minimum atomic E-state index is -1.20. The normalized spacial score (nSPS) is 14.0. The van der Waals surface area contributed by atoms with E-state index in [4.69, 9.17) is 16.3 Å². The molecule has 2 N–H and O–H groups in total. The number of hydrogen-bond acceptors (Lipinski definition) is 3. The van der Waals surface area contributed by atoms with Gasteiger partial charge in [-0.2, -0.15) is 0 Å². The molecule has 0 saturated carbocycles. The number of aliphatic carboxylic acids is 1. The maximum absolute atomic E-state index is 12.3. The molecule has 0 aliphatic heterocycles. The first-order valence-electron chi connectivity index (χ1n) is 7.15.